The van der Waals surface area contributed by atoms with E-state index in [0.29, 0.717) is 29.9 Å². The molecule has 1 amide bonds. The Labute approximate surface area is 146 Å². The number of nitrogens with zero attached hydrogens (tertiary/aromatic N) is 3. The summed E-state index contributed by atoms with van der Waals surface area (Å²) in [5, 5.41) is 11.3. The van der Waals surface area contributed by atoms with E-state index < -0.39 is 0 Å². The summed E-state index contributed by atoms with van der Waals surface area (Å²) in [5.74, 6) is 1.23. The van der Waals surface area contributed by atoms with Crippen molar-refractivity contribution in [3.05, 3.63) is 35.9 Å². The molecule has 5 nitrogen and oxygen atoms in total. The van der Waals surface area contributed by atoms with Gasteiger partial charge in [-0.2, -0.15) is 5.26 Å². The van der Waals surface area contributed by atoms with Crippen molar-refractivity contribution in [2.45, 2.75) is 31.3 Å². The highest BCUT2D eigenvalue weighted by Gasteiger charge is 2.55. The summed E-state index contributed by atoms with van der Waals surface area (Å²) < 4.78 is 5.45. The second-order valence-electron chi connectivity index (χ2n) is 7.22. The molecule has 2 aliphatic heterocycles. The normalized spacial score (nSPS) is 27.8. The van der Waals surface area contributed by atoms with E-state index in [9.17, 15) is 10.1 Å². The van der Waals surface area contributed by atoms with Crippen LogP contribution in [0.4, 0.5) is 5.69 Å². The average molecular weight is 333 g/mol. The number of hydrogen-bond donors (Lipinski definition) is 0. The maximum absolute atomic E-state index is 13.2. The molecular weight excluding hydrogens is 314 g/mol. The first-order valence-corrected chi connectivity index (χ1v) is 8.80. The molecule has 2 aromatic rings. The van der Waals surface area contributed by atoms with E-state index in [-0.39, 0.29) is 11.9 Å². The van der Waals surface area contributed by atoms with Crippen LogP contribution in [-0.2, 0) is 4.79 Å². The van der Waals surface area contributed by atoms with Crippen molar-refractivity contribution in [3.63, 3.8) is 0 Å². The summed E-state index contributed by atoms with van der Waals surface area (Å²) >= 11 is 0. The van der Waals surface area contributed by atoms with E-state index in [4.69, 9.17) is 4.74 Å². The average Bonchev–Trinajstić information content (AvgIpc) is 3.34. The van der Waals surface area contributed by atoms with Crippen molar-refractivity contribution in [2.24, 2.45) is 5.92 Å². The fourth-order valence-electron chi connectivity index (χ4n) is 5.04. The molecule has 2 aromatic carbocycles. The van der Waals surface area contributed by atoms with Gasteiger partial charge in [0.25, 0.3) is 0 Å². The van der Waals surface area contributed by atoms with E-state index in [1.165, 1.54) is 19.3 Å². The third-order valence-electron chi connectivity index (χ3n) is 6.15. The van der Waals surface area contributed by atoms with E-state index in [1.807, 2.05) is 35.2 Å². The molecule has 0 spiro atoms. The number of fused-ring (bicyclic) bond motifs is 6. The maximum Gasteiger partial charge on any atom is 0.245 e. The van der Waals surface area contributed by atoms with Gasteiger partial charge >= 0.3 is 0 Å². The first kappa shape index (κ1) is 14.7. The molecule has 2 saturated heterocycles. The quantitative estimate of drug-likeness (QED) is 0.848. The molecule has 5 heteroatoms. The van der Waals surface area contributed by atoms with E-state index >= 15 is 0 Å². The monoisotopic (exact) mass is 333 g/mol. The van der Waals surface area contributed by atoms with Crippen LogP contribution in [0.5, 0.6) is 5.75 Å². The predicted octanol–water partition coefficient (Wildman–Crippen LogP) is 2.88. The summed E-state index contributed by atoms with van der Waals surface area (Å²) in [5.41, 5.74) is 1.37. The van der Waals surface area contributed by atoms with Gasteiger partial charge in [0.05, 0.1) is 25.5 Å². The Morgan fingerprint density at radius 3 is 2.76 bits per heavy atom. The largest absolute Gasteiger partial charge is 0.495 e. The van der Waals surface area contributed by atoms with Gasteiger partial charge in [-0.05, 0) is 25.2 Å². The number of benzene rings is 2. The van der Waals surface area contributed by atoms with Crippen LogP contribution in [-0.4, -0.2) is 36.7 Å². The Morgan fingerprint density at radius 2 is 2.04 bits per heavy atom. The standard InChI is InChI=1S/C20H19N3O2/c1-25-18-9-17(15-5-3-2-4-14(15)16(18)10-21)23-11-22-13-7-6-12(8-13)19(22)20(23)24/h2-5,9,12-13,19H,6-8,11H2,1H3/t12?,13?,19-/m1/s1. The van der Waals surface area contributed by atoms with Crippen LogP contribution in [0.2, 0.25) is 0 Å². The summed E-state index contributed by atoms with van der Waals surface area (Å²) in [6.45, 7) is 0.643. The zero-order valence-corrected chi connectivity index (χ0v) is 14.1. The summed E-state index contributed by atoms with van der Waals surface area (Å²) in [6, 6.07) is 12.5. The van der Waals surface area contributed by atoms with E-state index in [2.05, 4.69) is 11.0 Å². The molecule has 1 aliphatic carbocycles. The van der Waals surface area contributed by atoms with Gasteiger partial charge in [0.15, 0.2) is 0 Å². The van der Waals surface area contributed by atoms with Crippen LogP contribution >= 0.6 is 0 Å². The number of piperidine rings is 1. The molecule has 0 aromatic heterocycles. The Hall–Kier alpha value is -2.58. The Morgan fingerprint density at radius 1 is 1.24 bits per heavy atom. The van der Waals surface area contributed by atoms with Gasteiger partial charge in [0, 0.05) is 22.9 Å². The highest BCUT2D eigenvalue weighted by atomic mass is 16.5. The van der Waals surface area contributed by atoms with Gasteiger partial charge in [0.1, 0.15) is 17.4 Å². The number of hydrogen-bond acceptors (Lipinski definition) is 4. The van der Waals surface area contributed by atoms with Crippen LogP contribution < -0.4 is 9.64 Å². The Kier molecular flexibility index (Phi) is 3.07. The first-order chi connectivity index (χ1) is 12.2. The van der Waals surface area contributed by atoms with Gasteiger partial charge in [-0.1, -0.05) is 24.3 Å². The highest BCUT2D eigenvalue weighted by molar-refractivity contribution is 6.09. The maximum atomic E-state index is 13.2. The van der Waals surface area contributed by atoms with E-state index in [1.54, 1.807) is 7.11 Å². The molecule has 2 bridgehead atoms. The summed E-state index contributed by atoms with van der Waals surface area (Å²) in [6.07, 6.45) is 3.55. The van der Waals surface area contributed by atoms with Crippen molar-refractivity contribution in [1.29, 1.82) is 5.26 Å². The molecule has 25 heavy (non-hydrogen) atoms. The fraction of sp³-hybridized carbons (Fsp3) is 0.400. The van der Waals surface area contributed by atoms with Crippen molar-refractivity contribution in [3.8, 4) is 11.8 Å². The third-order valence-corrected chi connectivity index (χ3v) is 6.15. The molecule has 3 atom stereocenters. The second-order valence-corrected chi connectivity index (χ2v) is 7.22. The SMILES string of the molecule is COc1cc(N2CN3C4CCC(C4)[C@@H]3C2=O)c2ccccc2c1C#N. The predicted molar refractivity (Wildman–Crippen MR) is 94.3 cm³/mol. The minimum Gasteiger partial charge on any atom is -0.495 e. The van der Waals surface area contributed by atoms with Crippen LogP contribution in [0.1, 0.15) is 24.8 Å². The minimum atomic E-state index is 0.0409. The van der Waals surface area contributed by atoms with Crippen LogP contribution in [0.3, 0.4) is 0 Å². The Bertz CT molecular complexity index is 932. The zero-order valence-electron chi connectivity index (χ0n) is 14.1. The molecule has 2 heterocycles. The van der Waals surface area contributed by atoms with Crippen molar-refractivity contribution >= 4 is 22.4 Å². The van der Waals surface area contributed by atoms with Gasteiger partial charge in [-0.25, -0.2) is 0 Å². The topological polar surface area (TPSA) is 56.6 Å². The molecule has 2 unspecified atom stereocenters. The molecule has 5 rings (SSSR count). The van der Waals surface area contributed by atoms with Gasteiger partial charge in [-0.15, -0.1) is 0 Å². The summed E-state index contributed by atoms with van der Waals surface area (Å²) in [7, 11) is 1.57. The minimum absolute atomic E-state index is 0.0409. The molecule has 1 saturated carbocycles. The number of methoxy groups -OCH3 is 1. The van der Waals surface area contributed by atoms with Gasteiger partial charge in [-0.3, -0.25) is 14.6 Å². The zero-order chi connectivity index (χ0) is 17.1. The fourth-order valence-corrected chi connectivity index (χ4v) is 5.04. The van der Waals surface area contributed by atoms with Crippen molar-refractivity contribution in [2.75, 3.05) is 18.7 Å². The van der Waals surface area contributed by atoms with Gasteiger partial charge < -0.3 is 4.74 Å². The number of carbonyl (C=O) groups excluding carboxylic acids is 1. The molecule has 0 radical (unpaired) electrons. The first-order valence-electron chi connectivity index (χ1n) is 8.80. The molecule has 0 N–H and O–H groups in total. The summed E-state index contributed by atoms with van der Waals surface area (Å²) in [4.78, 5) is 17.4. The van der Waals surface area contributed by atoms with Crippen LogP contribution in [0.15, 0.2) is 30.3 Å². The Balaban J connectivity index is 1.67. The highest BCUT2D eigenvalue weighted by Crippen LogP contribution is 2.47. The second kappa shape index (κ2) is 5.21. The lowest BCUT2D eigenvalue weighted by molar-refractivity contribution is -0.120. The third kappa shape index (κ3) is 1.89. The lowest BCUT2D eigenvalue weighted by Crippen LogP contribution is -2.38. The van der Waals surface area contributed by atoms with E-state index in [0.717, 1.165) is 16.5 Å². The molecule has 3 aliphatic rings. The number of amides is 1. The van der Waals surface area contributed by atoms with Crippen LogP contribution in [0, 0.1) is 17.2 Å². The lowest BCUT2D eigenvalue weighted by atomic mass is 9.98. The molecule has 126 valence electrons. The van der Waals surface area contributed by atoms with Gasteiger partial charge in [0.2, 0.25) is 5.91 Å². The lowest BCUT2D eigenvalue weighted by Gasteiger charge is -2.25. The number of rotatable bonds is 2. The number of carbonyl (C=O) groups is 1. The van der Waals surface area contributed by atoms with Crippen molar-refractivity contribution in [1.82, 2.24) is 4.90 Å². The van der Waals surface area contributed by atoms with Crippen LogP contribution in [0.25, 0.3) is 10.8 Å². The molecule has 3 fully saturated rings. The van der Waals surface area contributed by atoms with Crippen molar-refractivity contribution < 1.29 is 9.53 Å². The number of ether oxygens (including phenoxy) is 1. The number of nitriles is 1. The molecular formula is C20H19N3O2. The number of anilines is 1. The smallest absolute Gasteiger partial charge is 0.245 e.